The highest BCUT2D eigenvalue weighted by Gasteiger charge is 2.27. The van der Waals surface area contributed by atoms with Crippen LogP contribution in [-0.2, 0) is 16.6 Å². The molecule has 1 fully saturated rings. The number of aromatic nitrogens is 2. The molecule has 0 aliphatic carbocycles. The molecule has 4 rings (SSSR count). The predicted molar refractivity (Wildman–Crippen MR) is 121 cm³/mol. The Balaban J connectivity index is 1.44. The van der Waals surface area contributed by atoms with E-state index in [4.69, 9.17) is 11.6 Å². The number of halogens is 1. The zero-order valence-electron chi connectivity index (χ0n) is 16.4. The Morgan fingerprint density at radius 1 is 1.27 bits per heavy atom. The summed E-state index contributed by atoms with van der Waals surface area (Å²) in [4.78, 5) is 8.52. The first-order valence-corrected chi connectivity index (χ1v) is 12.1. The minimum absolute atomic E-state index is 0.0944. The summed E-state index contributed by atoms with van der Waals surface area (Å²) >= 11 is 7.46. The second-order valence-electron chi connectivity index (χ2n) is 7.24. The summed E-state index contributed by atoms with van der Waals surface area (Å²) in [5.74, 6) is 0. The van der Waals surface area contributed by atoms with Crippen molar-refractivity contribution in [1.82, 2.24) is 14.3 Å². The molecule has 30 heavy (non-hydrogen) atoms. The minimum Gasteiger partial charge on any atom is -0.369 e. The third-order valence-electron chi connectivity index (χ3n) is 5.24. The zero-order chi connectivity index (χ0) is 21.1. The van der Waals surface area contributed by atoms with E-state index in [0.29, 0.717) is 11.1 Å². The van der Waals surface area contributed by atoms with Crippen LogP contribution in [0.5, 0.6) is 0 Å². The van der Waals surface area contributed by atoms with Gasteiger partial charge in [0.15, 0.2) is 0 Å². The molecule has 0 radical (unpaired) electrons. The molecule has 3 aromatic rings. The molecule has 10 heteroatoms. The van der Waals surface area contributed by atoms with Crippen LogP contribution in [0.2, 0.25) is 5.02 Å². The lowest BCUT2D eigenvalue weighted by molar-refractivity contribution is 0.326. The minimum atomic E-state index is -3.76. The number of nitrogens with zero attached hydrogens (tertiary/aromatic N) is 4. The normalized spacial score (nSPS) is 17.2. The SMILES string of the molecule is CN(c1ccc(S(=O)(=O)Nc2ncns2)cc1Cl)C1CCN(Cc2ccccc2)C1. The summed E-state index contributed by atoms with van der Waals surface area (Å²) in [6.45, 7) is 2.87. The molecule has 7 nitrogen and oxygen atoms in total. The summed E-state index contributed by atoms with van der Waals surface area (Å²) in [5.41, 5.74) is 2.12. The smallest absolute Gasteiger partial charge is 0.263 e. The van der Waals surface area contributed by atoms with Crippen LogP contribution in [0.15, 0.2) is 59.8 Å². The van der Waals surface area contributed by atoms with E-state index in [1.807, 2.05) is 13.1 Å². The van der Waals surface area contributed by atoms with Crippen LogP contribution in [0, 0.1) is 0 Å². The first kappa shape index (κ1) is 21.0. The standard InChI is InChI=1S/C20H22ClN5O2S2/c1-25(16-9-10-26(13-16)12-15-5-3-2-4-6-15)19-8-7-17(11-18(19)21)30(27,28)24-20-22-14-23-29-20/h2-8,11,14,16H,9-10,12-13H2,1H3,(H,22,23,24). The highest BCUT2D eigenvalue weighted by molar-refractivity contribution is 7.93. The summed E-state index contributed by atoms with van der Waals surface area (Å²) in [5, 5.41) is 0.621. The number of sulfonamides is 1. The summed E-state index contributed by atoms with van der Waals surface area (Å²) in [6.07, 6.45) is 2.33. The van der Waals surface area contributed by atoms with Gasteiger partial charge in [-0.25, -0.2) is 13.4 Å². The quantitative estimate of drug-likeness (QED) is 0.575. The molecular weight excluding hydrogens is 442 g/mol. The molecule has 0 saturated carbocycles. The van der Waals surface area contributed by atoms with E-state index in [1.165, 1.54) is 18.0 Å². The number of rotatable bonds is 7. The van der Waals surface area contributed by atoms with Crippen LogP contribution in [0.3, 0.4) is 0 Å². The molecule has 1 aliphatic rings. The molecule has 1 unspecified atom stereocenters. The zero-order valence-corrected chi connectivity index (χ0v) is 18.8. The van der Waals surface area contributed by atoms with E-state index in [0.717, 1.165) is 43.3 Å². The van der Waals surface area contributed by atoms with E-state index < -0.39 is 10.0 Å². The molecule has 2 aromatic carbocycles. The maximum Gasteiger partial charge on any atom is 0.263 e. The van der Waals surface area contributed by atoms with E-state index in [9.17, 15) is 8.42 Å². The van der Waals surface area contributed by atoms with Crippen LogP contribution < -0.4 is 9.62 Å². The topological polar surface area (TPSA) is 78.4 Å². The number of likely N-dealkylation sites (tertiary alicyclic amines) is 1. The maximum absolute atomic E-state index is 12.6. The molecule has 1 aliphatic heterocycles. The molecule has 0 amide bonds. The maximum atomic E-state index is 12.6. The van der Waals surface area contributed by atoms with Gasteiger partial charge in [0.1, 0.15) is 6.33 Å². The van der Waals surface area contributed by atoms with Crippen molar-refractivity contribution in [2.75, 3.05) is 29.8 Å². The van der Waals surface area contributed by atoms with Crippen LogP contribution in [0.1, 0.15) is 12.0 Å². The van der Waals surface area contributed by atoms with Crippen molar-refractivity contribution in [3.63, 3.8) is 0 Å². The van der Waals surface area contributed by atoms with Gasteiger partial charge in [-0.15, -0.1) is 0 Å². The van der Waals surface area contributed by atoms with Crippen molar-refractivity contribution in [2.45, 2.75) is 23.9 Å². The van der Waals surface area contributed by atoms with Gasteiger partial charge >= 0.3 is 0 Å². The number of hydrogen-bond donors (Lipinski definition) is 1. The molecule has 1 atom stereocenters. The first-order valence-electron chi connectivity index (χ1n) is 9.50. The monoisotopic (exact) mass is 463 g/mol. The van der Waals surface area contributed by atoms with E-state index in [-0.39, 0.29) is 10.0 Å². The molecule has 1 N–H and O–H groups in total. The van der Waals surface area contributed by atoms with Crippen molar-refractivity contribution in [3.05, 3.63) is 65.4 Å². The number of likely N-dealkylation sites (N-methyl/N-ethyl adjacent to an activating group) is 1. The predicted octanol–water partition coefficient (Wildman–Crippen LogP) is 3.70. The Morgan fingerprint density at radius 2 is 2.07 bits per heavy atom. The molecule has 2 heterocycles. The molecular formula is C20H22ClN5O2S2. The van der Waals surface area contributed by atoms with Gasteiger partial charge < -0.3 is 4.90 Å². The average Bonchev–Trinajstić information content (AvgIpc) is 3.40. The Kier molecular flexibility index (Phi) is 6.24. The highest BCUT2D eigenvalue weighted by atomic mass is 35.5. The lowest BCUT2D eigenvalue weighted by Gasteiger charge is -2.28. The van der Waals surface area contributed by atoms with Gasteiger partial charge in [0, 0.05) is 44.3 Å². The number of benzene rings is 2. The molecule has 1 saturated heterocycles. The largest absolute Gasteiger partial charge is 0.369 e. The summed E-state index contributed by atoms with van der Waals surface area (Å²) in [6, 6.07) is 15.6. The van der Waals surface area contributed by atoms with Crippen molar-refractivity contribution in [3.8, 4) is 0 Å². The summed E-state index contributed by atoms with van der Waals surface area (Å²) < 4.78 is 31.3. The van der Waals surface area contributed by atoms with Crippen LogP contribution >= 0.6 is 23.1 Å². The van der Waals surface area contributed by atoms with E-state index in [2.05, 4.69) is 48.1 Å². The molecule has 1 aromatic heterocycles. The van der Waals surface area contributed by atoms with Gasteiger partial charge in [0.25, 0.3) is 10.0 Å². The highest BCUT2D eigenvalue weighted by Crippen LogP contribution is 2.32. The number of nitrogens with one attached hydrogen (secondary N) is 1. The second kappa shape index (κ2) is 8.89. The summed E-state index contributed by atoms with van der Waals surface area (Å²) in [7, 11) is -1.76. The fourth-order valence-electron chi connectivity index (χ4n) is 3.64. The van der Waals surface area contributed by atoms with Crippen LogP contribution in [0.4, 0.5) is 10.8 Å². The van der Waals surface area contributed by atoms with Crippen molar-refractivity contribution >= 4 is 44.0 Å². The molecule has 0 spiro atoms. The lowest BCUT2D eigenvalue weighted by atomic mass is 10.2. The van der Waals surface area contributed by atoms with Gasteiger partial charge in [-0.05, 0) is 30.2 Å². The Labute approximate surface area is 185 Å². The van der Waals surface area contributed by atoms with E-state index >= 15 is 0 Å². The van der Waals surface area contributed by atoms with Gasteiger partial charge in [0.2, 0.25) is 5.13 Å². The Hall–Kier alpha value is -2.20. The van der Waals surface area contributed by atoms with Gasteiger partial charge in [-0.3, -0.25) is 9.62 Å². The van der Waals surface area contributed by atoms with Crippen LogP contribution in [0.25, 0.3) is 0 Å². The fraction of sp³-hybridized carbons (Fsp3) is 0.300. The average molecular weight is 464 g/mol. The Bertz CT molecular complexity index is 1090. The van der Waals surface area contributed by atoms with Crippen molar-refractivity contribution in [1.29, 1.82) is 0 Å². The Morgan fingerprint density at radius 3 is 2.77 bits per heavy atom. The van der Waals surface area contributed by atoms with E-state index in [1.54, 1.807) is 12.1 Å². The van der Waals surface area contributed by atoms with Crippen molar-refractivity contribution in [2.24, 2.45) is 0 Å². The fourth-order valence-corrected chi connectivity index (χ4v) is 5.71. The molecule has 0 bridgehead atoms. The van der Waals surface area contributed by atoms with Gasteiger partial charge in [-0.2, -0.15) is 4.37 Å². The number of hydrogen-bond acceptors (Lipinski definition) is 7. The van der Waals surface area contributed by atoms with Crippen LogP contribution in [-0.4, -0.2) is 48.9 Å². The van der Waals surface area contributed by atoms with Gasteiger partial charge in [-0.1, -0.05) is 41.9 Å². The first-order chi connectivity index (χ1) is 14.4. The molecule has 158 valence electrons. The van der Waals surface area contributed by atoms with Crippen molar-refractivity contribution < 1.29 is 8.42 Å². The lowest BCUT2D eigenvalue weighted by Crippen LogP contribution is -2.34. The third kappa shape index (κ3) is 4.75. The van der Waals surface area contributed by atoms with Gasteiger partial charge in [0.05, 0.1) is 15.6 Å². The second-order valence-corrected chi connectivity index (χ2v) is 10.1. The number of anilines is 2. The third-order valence-corrected chi connectivity index (χ3v) is 7.59.